The summed E-state index contributed by atoms with van der Waals surface area (Å²) in [6.45, 7) is 2.00. The Morgan fingerprint density at radius 2 is 2.27 bits per heavy atom. The van der Waals surface area contributed by atoms with E-state index < -0.39 is 6.04 Å². The Morgan fingerprint density at radius 1 is 1.60 bits per heavy atom. The van der Waals surface area contributed by atoms with Gasteiger partial charge in [0, 0.05) is 13.6 Å². The van der Waals surface area contributed by atoms with Crippen LogP contribution in [0.3, 0.4) is 0 Å². The molecule has 0 unspecified atom stereocenters. The van der Waals surface area contributed by atoms with Gasteiger partial charge in [0.2, 0.25) is 5.91 Å². The summed E-state index contributed by atoms with van der Waals surface area (Å²) in [7, 11) is 1.65. The zero-order valence-electron chi connectivity index (χ0n) is 8.90. The number of nitrogens with two attached hydrogens (primary N) is 1. The van der Waals surface area contributed by atoms with Gasteiger partial charge in [-0.15, -0.1) is 0 Å². The second-order valence-corrected chi connectivity index (χ2v) is 3.61. The molecule has 1 amide bonds. The van der Waals surface area contributed by atoms with Crippen LogP contribution < -0.4 is 5.73 Å². The van der Waals surface area contributed by atoms with E-state index in [2.05, 4.69) is 0 Å². The van der Waals surface area contributed by atoms with E-state index in [0.717, 1.165) is 5.56 Å². The Bertz CT molecular complexity index is 352. The first-order valence-corrected chi connectivity index (χ1v) is 4.75. The molecule has 0 fully saturated rings. The molecule has 0 aromatic heterocycles. The summed E-state index contributed by atoms with van der Waals surface area (Å²) in [6, 6.07) is 5.65. The molecule has 2 N–H and O–H groups in total. The molecule has 1 rings (SSSR count). The monoisotopic (exact) mass is 210 g/mol. The molecular weight excluding hydrogens is 195 g/mol. The molecule has 0 saturated heterocycles. The van der Waals surface area contributed by atoms with Crippen LogP contribution in [0.5, 0.6) is 0 Å². The molecule has 0 saturated carbocycles. The minimum absolute atomic E-state index is 0.153. The predicted molar refractivity (Wildman–Crippen MR) is 56.5 cm³/mol. The van der Waals surface area contributed by atoms with Crippen LogP contribution in [0.25, 0.3) is 0 Å². The lowest BCUT2D eigenvalue weighted by atomic mass is 10.2. The quantitative estimate of drug-likeness (QED) is 0.813. The Morgan fingerprint density at radius 3 is 2.80 bits per heavy atom. The first-order valence-electron chi connectivity index (χ1n) is 4.75. The Labute approximate surface area is 88.7 Å². The fourth-order valence-electron chi connectivity index (χ4n) is 1.33. The highest BCUT2D eigenvalue weighted by atomic mass is 19.1. The Kier molecular flexibility index (Phi) is 3.80. The molecule has 15 heavy (non-hydrogen) atoms. The van der Waals surface area contributed by atoms with Crippen molar-refractivity contribution in [2.75, 3.05) is 7.05 Å². The van der Waals surface area contributed by atoms with E-state index in [-0.39, 0.29) is 11.7 Å². The van der Waals surface area contributed by atoms with E-state index in [1.54, 1.807) is 26.1 Å². The lowest BCUT2D eigenvalue weighted by molar-refractivity contribution is -0.131. The number of halogens is 1. The lowest BCUT2D eigenvalue weighted by Gasteiger charge is -2.19. The fraction of sp³-hybridized carbons (Fsp3) is 0.364. The van der Waals surface area contributed by atoms with Crippen LogP contribution in [-0.2, 0) is 11.3 Å². The van der Waals surface area contributed by atoms with Crippen LogP contribution in [0.4, 0.5) is 4.39 Å². The van der Waals surface area contributed by atoms with E-state index in [1.165, 1.54) is 17.0 Å². The average molecular weight is 210 g/mol. The highest BCUT2D eigenvalue weighted by molar-refractivity contribution is 5.80. The number of rotatable bonds is 3. The van der Waals surface area contributed by atoms with Crippen molar-refractivity contribution < 1.29 is 9.18 Å². The van der Waals surface area contributed by atoms with Gasteiger partial charge in [-0.3, -0.25) is 4.79 Å². The third-order valence-corrected chi connectivity index (χ3v) is 2.07. The van der Waals surface area contributed by atoms with Crippen LogP contribution >= 0.6 is 0 Å². The number of likely N-dealkylation sites (N-methyl/N-ethyl adjacent to an activating group) is 1. The second kappa shape index (κ2) is 4.89. The van der Waals surface area contributed by atoms with E-state index in [9.17, 15) is 9.18 Å². The molecule has 82 valence electrons. The lowest BCUT2D eigenvalue weighted by Crippen LogP contribution is -2.39. The molecule has 0 spiro atoms. The van der Waals surface area contributed by atoms with Gasteiger partial charge in [0.15, 0.2) is 0 Å². The van der Waals surface area contributed by atoms with Crippen LogP contribution in [0.2, 0.25) is 0 Å². The molecule has 0 heterocycles. The molecule has 0 aliphatic heterocycles. The number of carbonyl (C=O) groups excluding carboxylic acids is 1. The molecule has 1 aromatic rings. The molecule has 0 bridgehead atoms. The van der Waals surface area contributed by atoms with Gasteiger partial charge in [-0.1, -0.05) is 12.1 Å². The number of benzene rings is 1. The predicted octanol–water partition coefficient (Wildman–Crippen LogP) is 1.13. The largest absolute Gasteiger partial charge is 0.340 e. The van der Waals surface area contributed by atoms with Crippen molar-refractivity contribution in [1.82, 2.24) is 4.90 Å². The minimum atomic E-state index is -0.524. The van der Waals surface area contributed by atoms with Gasteiger partial charge in [-0.2, -0.15) is 0 Å². The van der Waals surface area contributed by atoms with E-state index in [1.807, 2.05) is 0 Å². The third-order valence-electron chi connectivity index (χ3n) is 2.07. The summed E-state index contributed by atoms with van der Waals surface area (Å²) in [5, 5.41) is 0. The van der Waals surface area contributed by atoms with Crippen molar-refractivity contribution in [3.63, 3.8) is 0 Å². The molecule has 0 radical (unpaired) electrons. The standard InChI is InChI=1S/C11H15FN2O/c1-8(13)11(15)14(2)7-9-4-3-5-10(12)6-9/h3-6,8H,7,13H2,1-2H3/t8-/m1/s1. The zero-order chi connectivity index (χ0) is 11.4. The van der Waals surface area contributed by atoms with Crippen molar-refractivity contribution in [1.29, 1.82) is 0 Å². The first kappa shape index (κ1) is 11.7. The number of hydrogen-bond acceptors (Lipinski definition) is 2. The van der Waals surface area contributed by atoms with E-state index in [0.29, 0.717) is 6.54 Å². The number of amides is 1. The first-order chi connectivity index (χ1) is 7.00. The van der Waals surface area contributed by atoms with Crippen molar-refractivity contribution in [3.8, 4) is 0 Å². The van der Waals surface area contributed by atoms with Crippen LogP contribution in [-0.4, -0.2) is 23.9 Å². The summed E-state index contributed by atoms with van der Waals surface area (Å²) >= 11 is 0. The summed E-state index contributed by atoms with van der Waals surface area (Å²) < 4.78 is 12.8. The molecule has 1 atom stereocenters. The van der Waals surface area contributed by atoms with Crippen LogP contribution in [0, 0.1) is 5.82 Å². The van der Waals surface area contributed by atoms with Gasteiger partial charge < -0.3 is 10.6 Å². The molecule has 3 nitrogen and oxygen atoms in total. The summed E-state index contributed by atoms with van der Waals surface area (Å²) in [4.78, 5) is 12.9. The number of carbonyl (C=O) groups is 1. The van der Waals surface area contributed by atoms with Crippen molar-refractivity contribution >= 4 is 5.91 Å². The summed E-state index contributed by atoms with van der Waals surface area (Å²) in [5.41, 5.74) is 6.21. The van der Waals surface area contributed by atoms with E-state index in [4.69, 9.17) is 5.73 Å². The zero-order valence-corrected chi connectivity index (χ0v) is 8.90. The van der Waals surface area contributed by atoms with Gasteiger partial charge in [0.05, 0.1) is 6.04 Å². The van der Waals surface area contributed by atoms with Gasteiger partial charge in [0.1, 0.15) is 5.82 Å². The normalized spacial score (nSPS) is 12.3. The van der Waals surface area contributed by atoms with Crippen LogP contribution in [0.1, 0.15) is 12.5 Å². The van der Waals surface area contributed by atoms with Gasteiger partial charge in [-0.05, 0) is 24.6 Å². The summed E-state index contributed by atoms with van der Waals surface area (Å²) in [5.74, 6) is -0.451. The van der Waals surface area contributed by atoms with E-state index >= 15 is 0 Å². The molecule has 1 aromatic carbocycles. The molecule has 0 aliphatic carbocycles. The number of nitrogens with zero attached hydrogens (tertiary/aromatic N) is 1. The maximum atomic E-state index is 12.8. The third kappa shape index (κ3) is 3.32. The SMILES string of the molecule is C[C@@H](N)C(=O)N(C)Cc1cccc(F)c1. The van der Waals surface area contributed by atoms with Crippen molar-refractivity contribution in [2.45, 2.75) is 19.5 Å². The highest BCUT2D eigenvalue weighted by Gasteiger charge is 2.13. The van der Waals surface area contributed by atoms with Gasteiger partial charge in [0.25, 0.3) is 0 Å². The Hall–Kier alpha value is -1.42. The van der Waals surface area contributed by atoms with Crippen molar-refractivity contribution in [3.05, 3.63) is 35.6 Å². The molecule has 4 heteroatoms. The second-order valence-electron chi connectivity index (χ2n) is 3.61. The topological polar surface area (TPSA) is 46.3 Å². The molecular formula is C11H15FN2O. The fourth-order valence-corrected chi connectivity index (χ4v) is 1.33. The van der Waals surface area contributed by atoms with Gasteiger partial charge in [-0.25, -0.2) is 4.39 Å². The summed E-state index contributed by atoms with van der Waals surface area (Å²) in [6.07, 6.45) is 0. The smallest absolute Gasteiger partial charge is 0.239 e. The maximum absolute atomic E-state index is 12.8. The number of hydrogen-bond donors (Lipinski definition) is 1. The maximum Gasteiger partial charge on any atom is 0.239 e. The average Bonchev–Trinajstić information content (AvgIpc) is 2.16. The van der Waals surface area contributed by atoms with Crippen LogP contribution in [0.15, 0.2) is 24.3 Å². The highest BCUT2D eigenvalue weighted by Crippen LogP contribution is 2.06. The Balaban J connectivity index is 2.66. The van der Waals surface area contributed by atoms with Gasteiger partial charge >= 0.3 is 0 Å². The van der Waals surface area contributed by atoms with Crippen molar-refractivity contribution in [2.24, 2.45) is 5.73 Å². The molecule has 0 aliphatic rings. The minimum Gasteiger partial charge on any atom is -0.340 e.